The van der Waals surface area contributed by atoms with Gasteiger partial charge in [0, 0.05) is 11.5 Å². The molecule has 0 saturated heterocycles. The molecule has 3 aliphatic carbocycles. The van der Waals surface area contributed by atoms with Crippen molar-refractivity contribution in [3.05, 3.63) is 23.3 Å². The average molecular weight is 346 g/mol. The van der Waals surface area contributed by atoms with Crippen molar-refractivity contribution in [1.82, 2.24) is 5.32 Å². The monoisotopic (exact) mass is 345 g/mol. The molecule has 2 N–H and O–H groups in total. The molecule has 2 fully saturated rings. The summed E-state index contributed by atoms with van der Waals surface area (Å²) in [5.74, 6) is 3.55. The van der Waals surface area contributed by atoms with Crippen molar-refractivity contribution in [1.29, 1.82) is 0 Å². The van der Waals surface area contributed by atoms with Crippen LogP contribution in [0.15, 0.2) is 12.1 Å². The van der Waals surface area contributed by atoms with Gasteiger partial charge in [0.1, 0.15) is 6.10 Å². The molecule has 3 atom stereocenters. The van der Waals surface area contributed by atoms with Gasteiger partial charge in [0.25, 0.3) is 0 Å². The van der Waals surface area contributed by atoms with Gasteiger partial charge in [0.15, 0.2) is 11.5 Å². The van der Waals surface area contributed by atoms with Crippen LogP contribution in [0.25, 0.3) is 0 Å². The Balaban J connectivity index is 0.000000193. The molecule has 3 nitrogen and oxygen atoms in total. The number of phenols is 1. The molecule has 1 aromatic carbocycles. The van der Waals surface area contributed by atoms with E-state index >= 15 is 0 Å². The lowest BCUT2D eigenvalue weighted by molar-refractivity contribution is 0.166. The molecule has 25 heavy (non-hydrogen) atoms. The standard InChI is InChI=1S/C15H18O2.C5H11N.C2H6/c16-11-8-7-10-6-5-9-3-1-2-4-12-13(9)14(10)15(11)17-12;1-6-4-5-2-3-5;1-2/h7-9,12-13,16H,1-6H2;5-6H,2-4H2,1H3;1-2H3. The molecule has 5 rings (SSSR count). The van der Waals surface area contributed by atoms with Crippen molar-refractivity contribution in [2.75, 3.05) is 13.6 Å². The first-order valence-corrected chi connectivity index (χ1v) is 10.4. The maximum Gasteiger partial charge on any atom is 0.165 e. The van der Waals surface area contributed by atoms with Crippen LogP contribution in [0, 0.1) is 11.8 Å². The molecular weight excluding hydrogens is 310 g/mol. The average Bonchev–Trinajstić information content (AvgIpc) is 3.41. The number of hydrogen-bond acceptors (Lipinski definition) is 3. The lowest BCUT2D eigenvalue weighted by Crippen LogP contribution is -2.26. The van der Waals surface area contributed by atoms with E-state index in [2.05, 4.69) is 11.4 Å². The van der Waals surface area contributed by atoms with Crippen LogP contribution < -0.4 is 10.1 Å². The van der Waals surface area contributed by atoms with Crippen molar-refractivity contribution < 1.29 is 9.84 Å². The van der Waals surface area contributed by atoms with E-state index in [1.54, 1.807) is 6.07 Å². The number of aryl methyl sites for hydroxylation is 1. The summed E-state index contributed by atoms with van der Waals surface area (Å²) >= 11 is 0. The summed E-state index contributed by atoms with van der Waals surface area (Å²) < 4.78 is 6.06. The van der Waals surface area contributed by atoms with Gasteiger partial charge in [-0.25, -0.2) is 0 Å². The minimum absolute atomic E-state index is 0.338. The molecule has 3 unspecified atom stereocenters. The number of benzene rings is 1. The Hall–Kier alpha value is -1.22. The van der Waals surface area contributed by atoms with E-state index in [-0.39, 0.29) is 0 Å². The van der Waals surface area contributed by atoms with Gasteiger partial charge < -0.3 is 15.2 Å². The molecule has 2 saturated carbocycles. The van der Waals surface area contributed by atoms with Gasteiger partial charge in [-0.1, -0.05) is 26.3 Å². The van der Waals surface area contributed by atoms with E-state index in [0.717, 1.165) is 24.0 Å². The third kappa shape index (κ3) is 3.97. The fraction of sp³-hybridized carbons (Fsp3) is 0.727. The number of aromatic hydroxyl groups is 1. The second kappa shape index (κ2) is 8.44. The molecular formula is C22H35NO2. The minimum atomic E-state index is 0.338. The highest BCUT2D eigenvalue weighted by molar-refractivity contribution is 5.56. The Morgan fingerprint density at radius 2 is 1.84 bits per heavy atom. The summed E-state index contributed by atoms with van der Waals surface area (Å²) in [6.45, 7) is 5.24. The topological polar surface area (TPSA) is 41.5 Å². The molecule has 140 valence electrons. The lowest BCUT2D eigenvalue weighted by atomic mass is 9.72. The van der Waals surface area contributed by atoms with Crippen LogP contribution in [0.4, 0.5) is 0 Å². The van der Waals surface area contributed by atoms with Crippen molar-refractivity contribution >= 4 is 0 Å². The van der Waals surface area contributed by atoms with Crippen LogP contribution in [-0.2, 0) is 6.42 Å². The summed E-state index contributed by atoms with van der Waals surface area (Å²) in [6, 6.07) is 3.90. The second-order valence-electron chi connectivity index (χ2n) is 7.75. The fourth-order valence-corrected chi connectivity index (χ4v) is 4.73. The molecule has 4 aliphatic rings. The highest BCUT2D eigenvalue weighted by Gasteiger charge is 2.45. The first-order valence-electron chi connectivity index (χ1n) is 10.4. The molecule has 1 aliphatic heterocycles. The van der Waals surface area contributed by atoms with Crippen LogP contribution >= 0.6 is 0 Å². The van der Waals surface area contributed by atoms with E-state index < -0.39 is 0 Å². The third-order valence-corrected chi connectivity index (χ3v) is 6.06. The van der Waals surface area contributed by atoms with Crippen molar-refractivity contribution in [3.63, 3.8) is 0 Å². The highest BCUT2D eigenvalue weighted by Crippen LogP contribution is 2.55. The lowest BCUT2D eigenvalue weighted by Gasteiger charge is -2.30. The number of nitrogens with one attached hydrogen (secondary N) is 1. The van der Waals surface area contributed by atoms with Crippen molar-refractivity contribution in [2.45, 2.75) is 77.2 Å². The maximum atomic E-state index is 9.96. The van der Waals surface area contributed by atoms with E-state index in [1.165, 1.54) is 62.6 Å². The molecule has 1 heterocycles. The molecule has 0 aromatic heterocycles. The highest BCUT2D eigenvalue weighted by atomic mass is 16.5. The first kappa shape index (κ1) is 18.6. The minimum Gasteiger partial charge on any atom is -0.504 e. The largest absolute Gasteiger partial charge is 0.504 e. The summed E-state index contributed by atoms with van der Waals surface area (Å²) in [5.41, 5.74) is 2.77. The molecule has 3 heteroatoms. The van der Waals surface area contributed by atoms with Crippen LogP contribution in [0.3, 0.4) is 0 Å². The van der Waals surface area contributed by atoms with Gasteiger partial charge >= 0.3 is 0 Å². The van der Waals surface area contributed by atoms with E-state index in [0.29, 0.717) is 17.8 Å². The molecule has 0 radical (unpaired) electrons. The van der Waals surface area contributed by atoms with Gasteiger partial charge in [0.2, 0.25) is 0 Å². The van der Waals surface area contributed by atoms with Crippen LogP contribution in [0.1, 0.15) is 75.8 Å². The molecule has 0 spiro atoms. The Bertz CT molecular complexity index is 567. The van der Waals surface area contributed by atoms with E-state index in [4.69, 9.17) is 4.74 Å². The Kier molecular flexibility index (Phi) is 6.27. The van der Waals surface area contributed by atoms with E-state index in [1.807, 2.05) is 20.9 Å². The van der Waals surface area contributed by atoms with Crippen molar-refractivity contribution in [2.24, 2.45) is 11.8 Å². The predicted octanol–water partition coefficient (Wildman–Crippen LogP) is 5.02. The Labute approximate surface area is 153 Å². The Morgan fingerprint density at radius 1 is 1.08 bits per heavy atom. The third-order valence-electron chi connectivity index (χ3n) is 6.06. The van der Waals surface area contributed by atoms with Crippen molar-refractivity contribution in [3.8, 4) is 11.5 Å². The molecule has 1 aromatic rings. The predicted molar refractivity (Wildman–Crippen MR) is 104 cm³/mol. The smallest absolute Gasteiger partial charge is 0.165 e. The van der Waals surface area contributed by atoms with Crippen LogP contribution in [-0.4, -0.2) is 24.8 Å². The molecule has 0 amide bonds. The quantitative estimate of drug-likeness (QED) is 0.791. The van der Waals surface area contributed by atoms with E-state index in [9.17, 15) is 5.11 Å². The summed E-state index contributed by atoms with van der Waals surface area (Å²) in [7, 11) is 2.01. The number of ether oxygens (including phenoxy) is 1. The van der Waals surface area contributed by atoms with Crippen LogP contribution in [0.5, 0.6) is 11.5 Å². The number of phenolic OH excluding ortho intramolecular Hbond substituents is 1. The molecule has 0 bridgehead atoms. The summed E-state index contributed by atoms with van der Waals surface area (Å²) in [5, 5.41) is 13.1. The first-order chi connectivity index (χ1) is 12.3. The summed E-state index contributed by atoms with van der Waals surface area (Å²) in [6.07, 6.45) is 10.9. The van der Waals surface area contributed by atoms with Gasteiger partial charge in [-0.2, -0.15) is 0 Å². The zero-order valence-electron chi connectivity index (χ0n) is 16.2. The van der Waals surface area contributed by atoms with Gasteiger partial charge in [-0.05, 0) is 82.0 Å². The van der Waals surface area contributed by atoms with Gasteiger partial charge in [0.05, 0.1) is 0 Å². The fourth-order valence-electron chi connectivity index (χ4n) is 4.73. The SMILES string of the molecule is CC.CNCC1CC1.Oc1ccc2c3c1OC1CCCCC(CC2)C31. The number of hydrogen-bond donors (Lipinski definition) is 2. The summed E-state index contributed by atoms with van der Waals surface area (Å²) in [4.78, 5) is 0. The Morgan fingerprint density at radius 3 is 2.52 bits per heavy atom. The zero-order chi connectivity index (χ0) is 17.8. The van der Waals surface area contributed by atoms with Gasteiger partial charge in [-0.3, -0.25) is 0 Å². The van der Waals surface area contributed by atoms with Crippen LogP contribution in [0.2, 0.25) is 0 Å². The van der Waals surface area contributed by atoms with Gasteiger partial charge in [-0.15, -0.1) is 0 Å². The zero-order valence-corrected chi connectivity index (χ0v) is 16.2. The second-order valence-corrected chi connectivity index (χ2v) is 7.75. The number of rotatable bonds is 2. The maximum absolute atomic E-state index is 9.96. The normalized spacial score (nSPS) is 28.4.